The van der Waals surface area contributed by atoms with Gasteiger partial charge in [-0.2, -0.15) is 0 Å². The number of fused-ring (bicyclic) bond motifs is 12. The Morgan fingerprint density at radius 1 is 0.365 bits per heavy atom. The second-order valence-corrected chi connectivity index (χ2v) is 17.5. The van der Waals surface area contributed by atoms with Gasteiger partial charge in [-0.15, -0.1) is 11.3 Å². The maximum absolute atomic E-state index is 7.01. The molecule has 4 heterocycles. The number of aromatic nitrogens is 4. The molecule has 63 heavy (non-hydrogen) atoms. The number of rotatable bonds is 4. The van der Waals surface area contributed by atoms with Gasteiger partial charge in [0.05, 0.1) is 11.0 Å². The van der Waals surface area contributed by atoms with Crippen LogP contribution >= 0.6 is 11.3 Å². The summed E-state index contributed by atoms with van der Waals surface area (Å²) in [5.74, 6) is 1.78. The summed E-state index contributed by atoms with van der Waals surface area (Å²) in [5, 5.41) is 13.9. The lowest BCUT2D eigenvalue weighted by atomic mass is 10.0. The van der Waals surface area contributed by atoms with Gasteiger partial charge in [-0.05, 0) is 93.0 Å². The Hall–Kier alpha value is -8.19. The van der Waals surface area contributed by atoms with Crippen LogP contribution in [0.15, 0.2) is 199 Å². The molecule has 6 heteroatoms. The van der Waals surface area contributed by atoms with Crippen molar-refractivity contribution in [2.24, 2.45) is 0 Å². The molecule has 0 saturated heterocycles. The van der Waals surface area contributed by atoms with Crippen molar-refractivity contribution in [3.05, 3.63) is 194 Å². The number of thiophene rings is 1. The molecule has 14 aromatic rings. The Bertz CT molecular complexity index is 4140. The Balaban J connectivity index is 1.11. The molecule has 0 bridgehead atoms. The largest absolute Gasteiger partial charge is 0.454 e. The third-order valence-electron chi connectivity index (χ3n) is 12.8. The molecule has 5 nitrogen and oxygen atoms in total. The zero-order chi connectivity index (χ0) is 41.2. The molecule has 0 amide bonds. The summed E-state index contributed by atoms with van der Waals surface area (Å²) in [6, 6.07) is 69.2. The molecular formula is C57H32N4OS. The van der Waals surface area contributed by atoms with Crippen molar-refractivity contribution in [3.63, 3.8) is 0 Å². The van der Waals surface area contributed by atoms with Crippen LogP contribution in [0.3, 0.4) is 0 Å². The van der Waals surface area contributed by atoms with Crippen LogP contribution in [0.5, 0.6) is 0 Å². The van der Waals surface area contributed by atoms with Crippen molar-refractivity contribution in [1.82, 2.24) is 19.5 Å². The summed E-state index contributed by atoms with van der Waals surface area (Å²) in [7, 11) is 0. The summed E-state index contributed by atoms with van der Waals surface area (Å²) in [5.41, 5.74) is 7.33. The molecule has 0 aliphatic heterocycles. The van der Waals surface area contributed by atoms with E-state index >= 15 is 0 Å². The van der Waals surface area contributed by atoms with Crippen LogP contribution in [0.1, 0.15) is 0 Å². The molecule has 0 aliphatic carbocycles. The van der Waals surface area contributed by atoms with Crippen molar-refractivity contribution in [3.8, 4) is 39.9 Å². The lowest BCUT2D eigenvalue weighted by Gasteiger charge is -2.16. The molecular weight excluding hydrogens is 789 g/mol. The van der Waals surface area contributed by atoms with E-state index in [9.17, 15) is 0 Å². The van der Waals surface area contributed by atoms with Gasteiger partial charge in [0.1, 0.15) is 11.3 Å². The fraction of sp³-hybridized carbons (Fsp3) is 0. The summed E-state index contributed by atoms with van der Waals surface area (Å²) < 4.78 is 11.9. The molecule has 0 N–H and O–H groups in total. The van der Waals surface area contributed by atoms with Crippen LogP contribution < -0.4 is 0 Å². The van der Waals surface area contributed by atoms with Crippen molar-refractivity contribution >= 4 is 108 Å². The molecule has 0 aliphatic rings. The first kappa shape index (κ1) is 34.5. The fourth-order valence-electron chi connectivity index (χ4n) is 9.75. The molecule has 14 rings (SSSR count). The zero-order valence-electron chi connectivity index (χ0n) is 33.6. The standard InChI is InChI=1S/C57H32N4OS/c1-2-12-34-27-39(22-21-33(34)11-1)55-58-56(40-23-24-43-42-18-8-10-20-51(42)63-52(43)32-40)60-57(59-55)45-26-25-44-41-17-7-9-19-50(41)62-54(44)53(45)61-48-30-37-15-5-3-13-35(37)28-46(48)47-29-36-14-4-6-16-38(36)31-49(47)61/h1-32H. The first-order valence-corrected chi connectivity index (χ1v) is 22.0. The van der Waals surface area contributed by atoms with Gasteiger partial charge in [0.15, 0.2) is 23.1 Å². The van der Waals surface area contributed by atoms with Crippen LogP contribution in [0.2, 0.25) is 0 Å². The van der Waals surface area contributed by atoms with E-state index in [2.05, 4.69) is 193 Å². The second kappa shape index (κ2) is 13.2. The number of benzene rings is 10. The zero-order valence-corrected chi connectivity index (χ0v) is 34.4. The van der Waals surface area contributed by atoms with Crippen LogP contribution in [-0.4, -0.2) is 19.5 Å². The molecule has 4 aromatic heterocycles. The number of hydrogen-bond acceptors (Lipinski definition) is 5. The van der Waals surface area contributed by atoms with E-state index in [0.29, 0.717) is 17.5 Å². The van der Waals surface area contributed by atoms with Crippen molar-refractivity contribution < 1.29 is 4.42 Å². The van der Waals surface area contributed by atoms with Gasteiger partial charge in [0, 0.05) is 58.4 Å². The van der Waals surface area contributed by atoms with E-state index in [1.54, 1.807) is 11.3 Å². The van der Waals surface area contributed by atoms with Crippen LogP contribution in [0.4, 0.5) is 0 Å². The number of furan rings is 1. The topological polar surface area (TPSA) is 56.7 Å². The highest BCUT2D eigenvalue weighted by atomic mass is 32.1. The molecule has 292 valence electrons. The van der Waals surface area contributed by atoms with Gasteiger partial charge in [-0.1, -0.05) is 133 Å². The Morgan fingerprint density at radius 3 is 1.60 bits per heavy atom. The average molecular weight is 821 g/mol. The van der Waals surface area contributed by atoms with Crippen molar-refractivity contribution in [2.45, 2.75) is 0 Å². The molecule has 0 unspecified atom stereocenters. The van der Waals surface area contributed by atoms with Gasteiger partial charge < -0.3 is 8.98 Å². The third-order valence-corrected chi connectivity index (χ3v) is 13.9. The lowest BCUT2D eigenvalue weighted by Crippen LogP contribution is -2.04. The quantitative estimate of drug-likeness (QED) is 0.177. The molecule has 10 aromatic carbocycles. The maximum Gasteiger partial charge on any atom is 0.166 e. The Kier molecular flexibility index (Phi) is 7.21. The number of para-hydroxylation sites is 1. The average Bonchev–Trinajstić information content (AvgIpc) is 4.00. The number of hydrogen-bond donors (Lipinski definition) is 0. The van der Waals surface area contributed by atoms with E-state index in [0.717, 1.165) is 76.9 Å². The fourth-order valence-corrected chi connectivity index (χ4v) is 10.9. The molecule has 0 atom stereocenters. The van der Waals surface area contributed by atoms with E-state index in [4.69, 9.17) is 19.4 Å². The number of nitrogens with zero attached hydrogens (tertiary/aromatic N) is 4. The highest BCUT2D eigenvalue weighted by Crippen LogP contribution is 2.45. The van der Waals surface area contributed by atoms with E-state index in [-0.39, 0.29) is 0 Å². The summed E-state index contributed by atoms with van der Waals surface area (Å²) >= 11 is 1.79. The summed E-state index contributed by atoms with van der Waals surface area (Å²) in [4.78, 5) is 16.1. The molecule has 0 saturated carbocycles. The van der Waals surface area contributed by atoms with Gasteiger partial charge in [-0.25, -0.2) is 15.0 Å². The first-order chi connectivity index (χ1) is 31.2. The summed E-state index contributed by atoms with van der Waals surface area (Å²) in [6.07, 6.45) is 0. The highest BCUT2D eigenvalue weighted by Gasteiger charge is 2.25. The maximum atomic E-state index is 7.01. The van der Waals surface area contributed by atoms with Crippen LogP contribution in [0.25, 0.3) is 136 Å². The molecule has 0 fully saturated rings. The highest BCUT2D eigenvalue weighted by molar-refractivity contribution is 7.25. The van der Waals surface area contributed by atoms with Crippen LogP contribution in [0, 0.1) is 0 Å². The van der Waals surface area contributed by atoms with Gasteiger partial charge in [0.25, 0.3) is 0 Å². The smallest absolute Gasteiger partial charge is 0.166 e. The minimum Gasteiger partial charge on any atom is -0.454 e. The Labute approximate surface area is 363 Å². The predicted octanol–water partition coefficient (Wildman–Crippen LogP) is 15.7. The van der Waals surface area contributed by atoms with Crippen molar-refractivity contribution in [2.75, 3.05) is 0 Å². The van der Waals surface area contributed by atoms with Gasteiger partial charge >= 0.3 is 0 Å². The first-order valence-electron chi connectivity index (χ1n) is 21.2. The Morgan fingerprint density at radius 2 is 0.889 bits per heavy atom. The summed E-state index contributed by atoms with van der Waals surface area (Å²) in [6.45, 7) is 0. The van der Waals surface area contributed by atoms with Gasteiger partial charge in [0.2, 0.25) is 0 Å². The lowest BCUT2D eigenvalue weighted by molar-refractivity contribution is 0.666. The second-order valence-electron chi connectivity index (χ2n) is 16.4. The minimum atomic E-state index is 0.563. The minimum absolute atomic E-state index is 0.563. The normalized spacial score (nSPS) is 12.1. The van der Waals surface area contributed by atoms with E-state index < -0.39 is 0 Å². The van der Waals surface area contributed by atoms with Crippen molar-refractivity contribution in [1.29, 1.82) is 0 Å². The molecule has 0 spiro atoms. The molecule has 0 radical (unpaired) electrons. The van der Waals surface area contributed by atoms with E-state index in [1.807, 2.05) is 6.07 Å². The monoisotopic (exact) mass is 820 g/mol. The third kappa shape index (κ3) is 5.25. The predicted molar refractivity (Wildman–Crippen MR) is 263 cm³/mol. The van der Waals surface area contributed by atoms with E-state index in [1.165, 1.54) is 41.7 Å². The SMILES string of the molecule is c1ccc2cc(-c3nc(-c4ccc5c(c4)sc4ccccc45)nc(-c4ccc5c(oc6ccccc65)c4-n4c5cc6ccccc6cc5c5cc6ccccc6cc54)n3)ccc2c1. The van der Waals surface area contributed by atoms with Crippen LogP contribution in [-0.2, 0) is 0 Å². The van der Waals surface area contributed by atoms with Gasteiger partial charge in [-0.3, -0.25) is 0 Å².